The molecule has 8 nitrogen and oxygen atoms in total. The van der Waals surface area contributed by atoms with Crippen molar-refractivity contribution in [3.8, 4) is 0 Å². The van der Waals surface area contributed by atoms with Crippen LogP contribution >= 0.6 is 0 Å². The largest absolute Gasteiger partial charge is 0.359 e. The molecule has 0 aliphatic carbocycles. The van der Waals surface area contributed by atoms with Crippen LogP contribution in [-0.2, 0) is 12.0 Å². The highest BCUT2D eigenvalue weighted by Gasteiger charge is 2.25. The van der Waals surface area contributed by atoms with Gasteiger partial charge in [-0.3, -0.25) is 0 Å². The molecule has 0 amide bonds. The zero-order valence-electron chi connectivity index (χ0n) is 14.5. The maximum absolute atomic E-state index is 4.70. The van der Waals surface area contributed by atoms with Crippen LogP contribution in [0.25, 0.3) is 5.65 Å². The van der Waals surface area contributed by atoms with Crippen molar-refractivity contribution in [2.24, 2.45) is 0 Å². The fourth-order valence-electron chi connectivity index (χ4n) is 3.12. The average Bonchev–Trinajstić information content (AvgIpc) is 3.09. The van der Waals surface area contributed by atoms with E-state index >= 15 is 0 Å². The molecule has 0 bridgehead atoms. The zero-order valence-corrected chi connectivity index (χ0v) is 14.5. The maximum atomic E-state index is 4.70. The molecular weight excluding hydrogens is 304 g/mol. The van der Waals surface area contributed by atoms with E-state index in [9.17, 15) is 0 Å². The molecule has 3 aromatic heterocycles. The Morgan fingerprint density at radius 3 is 2.79 bits per heavy atom. The van der Waals surface area contributed by atoms with Gasteiger partial charge in [-0.15, -0.1) is 15.3 Å². The molecule has 0 radical (unpaired) electrons. The summed E-state index contributed by atoms with van der Waals surface area (Å²) in [6.45, 7) is 9.19. The van der Waals surface area contributed by atoms with Crippen LogP contribution in [0, 0.1) is 6.92 Å². The normalized spacial score (nSPS) is 17.9. The van der Waals surface area contributed by atoms with Crippen LogP contribution in [0.4, 0.5) is 5.82 Å². The molecule has 0 fully saturated rings. The Bertz CT molecular complexity index is 885. The van der Waals surface area contributed by atoms with E-state index in [2.05, 4.69) is 46.4 Å². The Kier molecular flexibility index (Phi) is 3.29. The summed E-state index contributed by atoms with van der Waals surface area (Å²) < 4.78 is 3.82. The van der Waals surface area contributed by atoms with Crippen LogP contribution in [0.3, 0.4) is 0 Å². The van der Waals surface area contributed by atoms with Crippen LogP contribution < -0.4 is 5.32 Å². The molecule has 126 valence electrons. The topological polar surface area (TPSA) is 85.8 Å². The summed E-state index contributed by atoms with van der Waals surface area (Å²) in [5.74, 6) is 3.45. The summed E-state index contributed by atoms with van der Waals surface area (Å²) in [5, 5.41) is 21.1. The van der Waals surface area contributed by atoms with Gasteiger partial charge in [0.05, 0.1) is 6.04 Å². The average molecular weight is 326 g/mol. The van der Waals surface area contributed by atoms with E-state index in [0.29, 0.717) is 0 Å². The van der Waals surface area contributed by atoms with Crippen LogP contribution in [0.1, 0.15) is 57.1 Å². The maximum Gasteiger partial charge on any atom is 0.178 e. The molecule has 4 heterocycles. The molecular formula is C16H22N8. The molecule has 0 spiro atoms. The van der Waals surface area contributed by atoms with E-state index in [0.717, 1.165) is 48.3 Å². The minimum Gasteiger partial charge on any atom is -0.359 e. The van der Waals surface area contributed by atoms with E-state index in [4.69, 9.17) is 5.10 Å². The Balaban J connectivity index is 1.68. The first kappa shape index (κ1) is 15.0. The van der Waals surface area contributed by atoms with E-state index < -0.39 is 0 Å². The molecule has 0 saturated heterocycles. The van der Waals surface area contributed by atoms with Gasteiger partial charge in [-0.2, -0.15) is 9.61 Å². The molecule has 1 unspecified atom stereocenters. The Morgan fingerprint density at radius 1 is 1.17 bits per heavy atom. The summed E-state index contributed by atoms with van der Waals surface area (Å²) in [6.07, 6.45) is 2.10. The van der Waals surface area contributed by atoms with Gasteiger partial charge in [-0.1, -0.05) is 20.8 Å². The molecule has 0 aromatic carbocycles. The van der Waals surface area contributed by atoms with Gasteiger partial charge in [0, 0.05) is 12.0 Å². The van der Waals surface area contributed by atoms with Gasteiger partial charge >= 0.3 is 0 Å². The highest BCUT2D eigenvalue weighted by molar-refractivity contribution is 5.45. The fourth-order valence-corrected chi connectivity index (χ4v) is 3.12. The van der Waals surface area contributed by atoms with Crippen LogP contribution in [0.15, 0.2) is 12.1 Å². The number of nitrogens with zero attached hydrogens (tertiary/aromatic N) is 7. The Morgan fingerprint density at radius 2 is 2.00 bits per heavy atom. The molecule has 3 aromatic rings. The van der Waals surface area contributed by atoms with Crippen LogP contribution in [0.2, 0.25) is 0 Å². The van der Waals surface area contributed by atoms with Gasteiger partial charge < -0.3 is 5.32 Å². The second-order valence-corrected chi connectivity index (χ2v) is 7.34. The standard InChI is InChI=1S/C16H22N8/c1-10-17-14-11(6-5-9-23(14)21-10)18-12-7-8-13-19-20-15(16(2,3)4)24(13)22-12/h7-8,11H,5-6,9H2,1-4H3,(H,18,22). The van der Waals surface area contributed by atoms with Crippen LogP contribution in [-0.4, -0.2) is 34.6 Å². The first-order valence-electron chi connectivity index (χ1n) is 8.32. The van der Waals surface area contributed by atoms with Crippen molar-refractivity contribution in [3.05, 3.63) is 29.6 Å². The molecule has 24 heavy (non-hydrogen) atoms. The number of rotatable bonds is 2. The van der Waals surface area contributed by atoms with E-state index in [1.807, 2.05) is 28.3 Å². The lowest BCUT2D eigenvalue weighted by atomic mass is 9.96. The lowest BCUT2D eigenvalue weighted by Gasteiger charge is -2.23. The smallest absolute Gasteiger partial charge is 0.178 e. The monoisotopic (exact) mass is 326 g/mol. The van der Waals surface area contributed by atoms with E-state index in [1.165, 1.54) is 0 Å². The lowest BCUT2D eigenvalue weighted by Crippen LogP contribution is -2.23. The van der Waals surface area contributed by atoms with Crippen molar-refractivity contribution in [2.75, 3.05) is 5.32 Å². The van der Waals surface area contributed by atoms with Gasteiger partial charge in [-0.05, 0) is 31.9 Å². The summed E-state index contributed by atoms with van der Waals surface area (Å²) in [5.41, 5.74) is 0.640. The number of aromatic nitrogens is 7. The first-order chi connectivity index (χ1) is 11.4. The number of nitrogens with one attached hydrogen (secondary N) is 1. The predicted octanol–water partition coefficient (Wildman–Crippen LogP) is 2.27. The Labute approximate surface area is 140 Å². The lowest BCUT2D eigenvalue weighted by molar-refractivity contribution is 0.436. The van der Waals surface area contributed by atoms with Crippen molar-refractivity contribution in [1.29, 1.82) is 0 Å². The number of hydrogen-bond donors (Lipinski definition) is 1. The molecule has 1 N–H and O–H groups in total. The molecule has 1 aliphatic heterocycles. The molecule has 8 heteroatoms. The van der Waals surface area contributed by atoms with Crippen molar-refractivity contribution >= 4 is 11.5 Å². The highest BCUT2D eigenvalue weighted by atomic mass is 15.4. The fraction of sp³-hybridized carbons (Fsp3) is 0.562. The minimum absolute atomic E-state index is 0.118. The van der Waals surface area contributed by atoms with Gasteiger partial charge in [0.25, 0.3) is 0 Å². The quantitative estimate of drug-likeness (QED) is 0.777. The third-order valence-electron chi connectivity index (χ3n) is 4.24. The minimum atomic E-state index is -0.118. The second kappa shape index (κ2) is 5.25. The molecule has 1 atom stereocenters. The third-order valence-corrected chi connectivity index (χ3v) is 4.24. The van der Waals surface area contributed by atoms with Gasteiger partial charge in [0.1, 0.15) is 17.5 Å². The van der Waals surface area contributed by atoms with Crippen molar-refractivity contribution in [2.45, 2.75) is 58.5 Å². The van der Waals surface area contributed by atoms with Gasteiger partial charge in [-0.25, -0.2) is 9.67 Å². The number of aryl methyl sites for hydroxylation is 2. The summed E-state index contributed by atoms with van der Waals surface area (Å²) >= 11 is 0. The van der Waals surface area contributed by atoms with Gasteiger partial charge in [0.15, 0.2) is 11.5 Å². The van der Waals surface area contributed by atoms with Crippen molar-refractivity contribution in [3.63, 3.8) is 0 Å². The van der Waals surface area contributed by atoms with E-state index in [1.54, 1.807) is 0 Å². The zero-order chi connectivity index (χ0) is 16.9. The van der Waals surface area contributed by atoms with Gasteiger partial charge in [0.2, 0.25) is 0 Å². The Hall–Kier alpha value is -2.51. The molecule has 1 aliphatic rings. The summed E-state index contributed by atoms with van der Waals surface area (Å²) in [4.78, 5) is 4.57. The van der Waals surface area contributed by atoms with Crippen LogP contribution in [0.5, 0.6) is 0 Å². The van der Waals surface area contributed by atoms with Crippen molar-refractivity contribution in [1.82, 2.24) is 34.6 Å². The first-order valence-corrected chi connectivity index (χ1v) is 8.32. The van der Waals surface area contributed by atoms with Crippen molar-refractivity contribution < 1.29 is 0 Å². The van der Waals surface area contributed by atoms with E-state index in [-0.39, 0.29) is 11.5 Å². The third kappa shape index (κ3) is 2.51. The second-order valence-electron chi connectivity index (χ2n) is 7.34. The number of hydrogen-bond acceptors (Lipinski definition) is 6. The summed E-state index contributed by atoms with van der Waals surface area (Å²) in [6, 6.07) is 4.01. The predicted molar refractivity (Wildman–Crippen MR) is 89.8 cm³/mol. The molecule has 4 rings (SSSR count). The highest BCUT2D eigenvalue weighted by Crippen LogP contribution is 2.27. The molecule has 0 saturated carbocycles. The number of anilines is 1. The summed E-state index contributed by atoms with van der Waals surface area (Å²) in [7, 11) is 0. The SMILES string of the molecule is Cc1nc2n(n1)CCCC2Nc1ccc2nnc(C(C)(C)C)n2n1. The number of fused-ring (bicyclic) bond motifs is 2.